The van der Waals surface area contributed by atoms with Gasteiger partial charge in [0, 0.05) is 12.8 Å². The molecular weight excluding hydrogens is 680 g/mol. The highest BCUT2D eigenvalue weighted by Gasteiger charge is 2.46. The van der Waals surface area contributed by atoms with Crippen molar-refractivity contribution in [1.82, 2.24) is 0 Å². The van der Waals surface area contributed by atoms with E-state index in [0.717, 1.165) is 64.2 Å². The van der Waals surface area contributed by atoms with E-state index in [1.165, 1.54) is 57.8 Å². The van der Waals surface area contributed by atoms with Crippen LogP contribution in [0.25, 0.3) is 0 Å². The van der Waals surface area contributed by atoms with Gasteiger partial charge >= 0.3 is 11.9 Å². The summed E-state index contributed by atoms with van der Waals surface area (Å²) in [5, 5.41) is 30.7. The van der Waals surface area contributed by atoms with E-state index in [4.69, 9.17) is 18.9 Å². The van der Waals surface area contributed by atoms with Crippen molar-refractivity contribution in [1.29, 1.82) is 0 Å². The number of unbranched alkanes of at least 4 members (excludes halogenated alkanes) is 18. The Kier molecular flexibility index (Phi) is 27.7. The Morgan fingerprint density at radius 3 is 1.71 bits per heavy atom. The summed E-state index contributed by atoms with van der Waals surface area (Å²) in [6, 6.07) is 0. The summed E-state index contributed by atoms with van der Waals surface area (Å²) in [6.45, 7) is 3.66. The highest BCUT2D eigenvalue weighted by Crippen LogP contribution is 2.24. The smallest absolute Gasteiger partial charge is 0.306 e. The molecule has 6 atom stereocenters. The van der Waals surface area contributed by atoms with Gasteiger partial charge in [0.05, 0.1) is 6.61 Å². The van der Waals surface area contributed by atoms with Crippen molar-refractivity contribution < 1.29 is 56.8 Å². The van der Waals surface area contributed by atoms with Crippen molar-refractivity contribution in [3.8, 4) is 0 Å². The Balaban J connectivity index is 2.51. The van der Waals surface area contributed by atoms with Crippen molar-refractivity contribution in [3.63, 3.8) is 0 Å². The van der Waals surface area contributed by atoms with E-state index in [9.17, 15) is 37.9 Å². The number of carbonyl (C=O) groups excluding carboxylic acids is 2. The van der Waals surface area contributed by atoms with Gasteiger partial charge in [-0.3, -0.25) is 14.1 Å². The Hall–Kier alpha value is -1.61. The van der Waals surface area contributed by atoms with Crippen LogP contribution in [0.3, 0.4) is 0 Å². The summed E-state index contributed by atoms with van der Waals surface area (Å²) in [4.78, 5) is 25.2. The van der Waals surface area contributed by atoms with Crippen molar-refractivity contribution in [2.24, 2.45) is 0 Å². The number of carbonyl (C=O) groups is 2. The fraction of sp³-hybridized carbons (Fsp3) is 0.895. The van der Waals surface area contributed by atoms with E-state index in [-0.39, 0.29) is 19.4 Å². The SMILES string of the molecule is CCC/C=C\CCCCCCCC(=O)OC(COC(=O)CCCCCCCCCCCCCCC)COC1OC(CS(=O)(=O)O)C(O)C(O)C1O. The number of esters is 2. The average Bonchev–Trinajstić information content (AvgIpc) is 3.09. The third-order valence-corrected chi connectivity index (χ3v) is 9.83. The number of aliphatic hydroxyl groups is 3. The highest BCUT2D eigenvalue weighted by atomic mass is 32.2. The number of rotatable bonds is 32. The van der Waals surface area contributed by atoms with Crippen LogP contribution in [0.2, 0.25) is 0 Å². The summed E-state index contributed by atoms with van der Waals surface area (Å²) in [5.41, 5.74) is 0. The molecule has 4 N–H and O–H groups in total. The number of aliphatic hydroxyl groups excluding tert-OH is 3. The van der Waals surface area contributed by atoms with E-state index in [2.05, 4.69) is 26.0 Å². The molecule has 0 aliphatic carbocycles. The minimum absolute atomic E-state index is 0.156. The van der Waals surface area contributed by atoms with Crippen LogP contribution in [-0.2, 0) is 38.7 Å². The summed E-state index contributed by atoms with van der Waals surface area (Å²) in [7, 11) is -4.59. The first-order chi connectivity index (χ1) is 24.5. The molecule has 0 bridgehead atoms. The maximum atomic E-state index is 12.7. The summed E-state index contributed by atoms with van der Waals surface area (Å²) >= 11 is 0. The summed E-state index contributed by atoms with van der Waals surface area (Å²) in [6.07, 6.45) is 18.5. The van der Waals surface area contributed by atoms with Gasteiger partial charge in [-0.15, -0.1) is 0 Å². The lowest BCUT2D eigenvalue weighted by Crippen LogP contribution is -2.60. The molecule has 1 saturated heterocycles. The standard InChI is InChI=1S/C38H70O12S/c1-3-5-7-9-11-13-15-16-17-19-20-22-24-26-33(39)47-28-31(49-34(40)27-25-23-21-18-14-12-10-8-6-4-2)29-48-38-37(43)36(42)35(41)32(50-38)30-51(44,45)46/h8,10,31-32,35-38,41-43H,3-7,9,11-30H2,1-2H3,(H,44,45,46)/b10-8-. The number of hydrogen-bond donors (Lipinski definition) is 4. The third-order valence-electron chi connectivity index (χ3n) is 9.08. The normalized spacial score (nSPS) is 21.6. The van der Waals surface area contributed by atoms with Crippen LogP contribution in [0, 0.1) is 0 Å². The first-order valence-electron chi connectivity index (χ1n) is 19.7. The topological polar surface area (TPSA) is 186 Å². The van der Waals surface area contributed by atoms with Crippen molar-refractivity contribution in [2.45, 2.75) is 198 Å². The minimum atomic E-state index is -4.59. The molecule has 0 saturated carbocycles. The van der Waals surface area contributed by atoms with Crippen molar-refractivity contribution in [3.05, 3.63) is 12.2 Å². The molecule has 13 heteroatoms. The minimum Gasteiger partial charge on any atom is -0.462 e. The quantitative estimate of drug-likeness (QED) is 0.0247. The zero-order valence-electron chi connectivity index (χ0n) is 31.5. The molecule has 0 spiro atoms. The second-order valence-electron chi connectivity index (χ2n) is 14.0. The molecule has 1 aliphatic rings. The molecule has 1 aliphatic heterocycles. The van der Waals surface area contributed by atoms with Crippen LogP contribution in [0.5, 0.6) is 0 Å². The van der Waals surface area contributed by atoms with Crippen LogP contribution in [0.15, 0.2) is 12.2 Å². The Morgan fingerprint density at radius 1 is 0.647 bits per heavy atom. The largest absolute Gasteiger partial charge is 0.462 e. The van der Waals surface area contributed by atoms with Gasteiger partial charge < -0.3 is 34.3 Å². The summed E-state index contributed by atoms with van der Waals surface area (Å²) in [5.74, 6) is -1.99. The third kappa shape index (κ3) is 25.1. The molecule has 1 rings (SSSR count). The Morgan fingerprint density at radius 2 is 1.16 bits per heavy atom. The van der Waals surface area contributed by atoms with Crippen molar-refractivity contribution >= 4 is 22.1 Å². The van der Waals surface area contributed by atoms with Gasteiger partial charge in [-0.25, -0.2) is 0 Å². The first kappa shape index (κ1) is 47.4. The Labute approximate surface area is 307 Å². The van der Waals surface area contributed by atoms with Crippen LogP contribution in [-0.4, -0.2) is 96.0 Å². The second-order valence-corrected chi connectivity index (χ2v) is 15.4. The van der Waals surface area contributed by atoms with Gasteiger partial charge in [0.15, 0.2) is 12.4 Å². The van der Waals surface area contributed by atoms with E-state index < -0.39 is 71.2 Å². The van der Waals surface area contributed by atoms with Crippen LogP contribution < -0.4 is 0 Å². The Bertz CT molecular complexity index is 1020. The second kappa shape index (κ2) is 29.8. The zero-order valence-corrected chi connectivity index (χ0v) is 32.3. The van der Waals surface area contributed by atoms with E-state index in [1.54, 1.807) is 0 Å². The number of hydrogen-bond acceptors (Lipinski definition) is 11. The van der Waals surface area contributed by atoms with Gasteiger partial charge in [0.1, 0.15) is 36.8 Å². The molecular formula is C38H70O12S. The molecule has 6 unspecified atom stereocenters. The fourth-order valence-electron chi connectivity index (χ4n) is 5.97. The monoisotopic (exact) mass is 750 g/mol. The molecule has 0 amide bonds. The van der Waals surface area contributed by atoms with Gasteiger partial charge in [-0.2, -0.15) is 8.42 Å². The lowest BCUT2D eigenvalue weighted by molar-refractivity contribution is -0.297. The van der Waals surface area contributed by atoms with E-state index >= 15 is 0 Å². The molecule has 1 fully saturated rings. The lowest BCUT2D eigenvalue weighted by atomic mass is 10.00. The molecule has 12 nitrogen and oxygen atoms in total. The van der Waals surface area contributed by atoms with Gasteiger partial charge in [0.25, 0.3) is 10.1 Å². The summed E-state index contributed by atoms with van der Waals surface area (Å²) < 4.78 is 53.8. The highest BCUT2D eigenvalue weighted by molar-refractivity contribution is 7.85. The first-order valence-corrected chi connectivity index (χ1v) is 21.4. The predicted molar refractivity (Wildman–Crippen MR) is 197 cm³/mol. The van der Waals surface area contributed by atoms with Crippen LogP contribution in [0.4, 0.5) is 0 Å². The van der Waals surface area contributed by atoms with Crippen LogP contribution >= 0.6 is 0 Å². The molecule has 0 aromatic rings. The van der Waals surface area contributed by atoms with Crippen LogP contribution in [0.1, 0.15) is 162 Å². The molecule has 0 aromatic heterocycles. The molecule has 0 radical (unpaired) electrons. The van der Waals surface area contributed by atoms with Gasteiger partial charge in [0.2, 0.25) is 0 Å². The molecule has 51 heavy (non-hydrogen) atoms. The molecule has 300 valence electrons. The van der Waals surface area contributed by atoms with E-state index in [0.29, 0.717) is 12.8 Å². The maximum Gasteiger partial charge on any atom is 0.306 e. The number of allylic oxidation sites excluding steroid dienone is 2. The fourth-order valence-corrected chi connectivity index (χ4v) is 6.66. The molecule has 0 aromatic carbocycles. The zero-order chi connectivity index (χ0) is 37.7. The lowest BCUT2D eigenvalue weighted by Gasteiger charge is -2.40. The predicted octanol–water partition coefficient (Wildman–Crippen LogP) is 6.72. The van der Waals surface area contributed by atoms with Gasteiger partial charge in [-0.05, 0) is 32.1 Å². The average molecular weight is 751 g/mol. The maximum absolute atomic E-state index is 12.7. The van der Waals surface area contributed by atoms with E-state index in [1.807, 2.05) is 0 Å². The number of ether oxygens (including phenoxy) is 4. The molecule has 1 heterocycles. The van der Waals surface area contributed by atoms with Gasteiger partial charge in [-0.1, -0.05) is 129 Å². The van der Waals surface area contributed by atoms with Crippen molar-refractivity contribution in [2.75, 3.05) is 19.0 Å².